The van der Waals surface area contributed by atoms with Gasteiger partial charge in [-0.2, -0.15) is 0 Å². The van der Waals surface area contributed by atoms with Crippen molar-refractivity contribution in [1.29, 1.82) is 0 Å². The van der Waals surface area contributed by atoms with Gasteiger partial charge in [-0.05, 0) is 66.4 Å². The standard InChI is InChI=1S/C20H15Cl2FO2S/c21-16-9-11-18(12-10-16)26(24,25)20-4-2-1-3-15(20)6-5-14-7-8-17(22)13-19(14)23/h1-4,7-13H,5-6H2. The second-order valence-electron chi connectivity index (χ2n) is 5.80. The Morgan fingerprint density at radius 2 is 1.38 bits per heavy atom. The average Bonchev–Trinajstić information content (AvgIpc) is 2.61. The smallest absolute Gasteiger partial charge is 0.206 e. The van der Waals surface area contributed by atoms with Gasteiger partial charge in [0.2, 0.25) is 9.84 Å². The summed E-state index contributed by atoms with van der Waals surface area (Å²) in [7, 11) is -3.68. The van der Waals surface area contributed by atoms with Crippen LogP contribution in [0.1, 0.15) is 11.1 Å². The number of hydrogen-bond donors (Lipinski definition) is 0. The predicted octanol–water partition coefficient (Wildman–Crippen LogP) is 5.75. The second-order valence-corrected chi connectivity index (χ2v) is 8.59. The Morgan fingerprint density at radius 1 is 0.769 bits per heavy atom. The fourth-order valence-corrected chi connectivity index (χ4v) is 4.51. The van der Waals surface area contributed by atoms with Gasteiger partial charge in [0.15, 0.2) is 0 Å². The third kappa shape index (κ3) is 4.09. The molecule has 3 aromatic carbocycles. The summed E-state index contributed by atoms with van der Waals surface area (Å²) in [6.07, 6.45) is 0.762. The molecule has 0 unspecified atom stereocenters. The topological polar surface area (TPSA) is 34.1 Å². The summed E-state index contributed by atoms with van der Waals surface area (Å²) in [6, 6.07) is 17.3. The second kappa shape index (κ2) is 7.78. The highest BCUT2D eigenvalue weighted by molar-refractivity contribution is 7.91. The number of rotatable bonds is 5. The molecule has 0 aliphatic rings. The minimum atomic E-state index is -3.68. The molecule has 3 rings (SSSR count). The lowest BCUT2D eigenvalue weighted by atomic mass is 10.0. The van der Waals surface area contributed by atoms with E-state index >= 15 is 0 Å². The van der Waals surface area contributed by atoms with E-state index in [0.29, 0.717) is 34.0 Å². The first-order valence-electron chi connectivity index (χ1n) is 7.90. The Morgan fingerprint density at radius 3 is 2.08 bits per heavy atom. The van der Waals surface area contributed by atoms with Crippen molar-refractivity contribution in [3.8, 4) is 0 Å². The molecule has 0 saturated heterocycles. The van der Waals surface area contributed by atoms with Crippen molar-refractivity contribution in [3.63, 3.8) is 0 Å². The van der Waals surface area contributed by atoms with Gasteiger partial charge in [-0.25, -0.2) is 12.8 Å². The molecule has 134 valence electrons. The van der Waals surface area contributed by atoms with Crippen LogP contribution in [0.25, 0.3) is 0 Å². The van der Waals surface area contributed by atoms with Gasteiger partial charge in [0.1, 0.15) is 5.82 Å². The summed E-state index contributed by atoms with van der Waals surface area (Å²) in [5, 5.41) is 0.799. The zero-order chi connectivity index (χ0) is 18.7. The largest absolute Gasteiger partial charge is 0.219 e. The molecule has 0 bridgehead atoms. The molecule has 0 heterocycles. The molecule has 2 nitrogen and oxygen atoms in total. The quantitative estimate of drug-likeness (QED) is 0.538. The van der Waals surface area contributed by atoms with Crippen LogP contribution in [0.2, 0.25) is 10.0 Å². The van der Waals surface area contributed by atoms with Crippen LogP contribution in [0, 0.1) is 5.82 Å². The SMILES string of the molecule is O=S(=O)(c1ccc(Cl)cc1)c1ccccc1CCc1ccc(Cl)cc1F. The minimum absolute atomic E-state index is 0.173. The third-order valence-electron chi connectivity index (χ3n) is 4.06. The fraction of sp³-hybridized carbons (Fsp3) is 0.100. The van der Waals surface area contributed by atoms with Crippen molar-refractivity contribution < 1.29 is 12.8 Å². The molecule has 0 aliphatic carbocycles. The van der Waals surface area contributed by atoms with Gasteiger partial charge < -0.3 is 0 Å². The van der Waals surface area contributed by atoms with Gasteiger partial charge in [-0.15, -0.1) is 0 Å². The van der Waals surface area contributed by atoms with E-state index in [0.717, 1.165) is 0 Å². The first kappa shape index (κ1) is 18.9. The van der Waals surface area contributed by atoms with Crippen molar-refractivity contribution in [3.05, 3.63) is 93.7 Å². The molecule has 0 radical (unpaired) electrons. The maximum absolute atomic E-state index is 14.0. The third-order valence-corrected chi connectivity index (χ3v) is 6.42. The summed E-state index contributed by atoms with van der Waals surface area (Å²) in [5.41, 5.74) is 1.13. The Hall–Kier alpha value is -1.88. The summed E-state index contributed by atoms with van der Waals surface area (Å²) in [5.74, 6) is -0.393. The van der Waals surface area contributed by atoms with Gasteiger partial charge in [-0.3, -0.25) is 0 Å². The highest BCUT2D eigenvalue weighted by atomic mass is 35.5. The molecule has 3 aromatic rings. The van der Waals surface area contributed by atoms with E-state index in [4.69, 9.17) is 23.2 Å². The van der Waals surface area contributed by atoms with Gasteiger partial charge in [0.05, 0.1) is 9.79 Å². The number of hydrogen-bond acceptors (Lipinski definition) is 2. The van der Waals surface area contributed by atoms with E-state index in [1.54, 1.807) is 48.5 Å². The van der Waals surface area contributed by atoms with Crippen molar-refractivity contribution >= 4 is 33.0 Å². The zero-order valence-electron chi connectivity index (χ0n) is 13.6. The van der Waals surface area contributed by atoms with Gasteiger partial charge in [0.25, 0.3) is 0 Å². The number of halogens is 3. The van der Waals surface area contributed by atoms with Gasteiger partial charge >= 0.3 is 0 Å². The van der Waals surface area contributed by atoms with Crippen LogP contribution < -0.4 is 0 Å². The van der Waals surface area contributed by atoms with Crippen molar-refractivity contribution in [1.82, 2.24) is 0 Å². The molecule has 6 heteroatoms. The van der Waals surface area contributed by atoms with Crippen LogP contribution >= 0.6 is 23.2 Å². The van der Waals surface area contributed by atoms with Gasteiger partial charge in [0, 0.05) is 10.0 Å². The van der Waals surface area contributed by atoms with Crippen LogP contribution in [-0.4, -0.2) is 8.42 Å². The van der Waals surface area contributed by atoms with Crippen LogP contribution in [0.3, 0.4) is 0 Å². The fourth-order valence-electron chi connectivity index (χ4n) is 2.71. The molecule has 0 atom stereocenters. The van der Waals surface area contributed by atoms with Crippen LogP contribution in [0.15, 0.2) is 76.5 Å². The molecule has 0 amide bonds. The lowest BCUT2D eigenvalue weighted by Crippen LogP contribution is -2.07. The molecule has 0 aliphatic heterocycles. The normalized spacial score (nSPS) is 11.5. The highest BCUT2D eigenvalue weighted by Crippen LogP contribution is 2.26. The van der Waals surface area contributed by atoms with E-state index in [1.165, 1.54) is 18.2 Å². The first-order chi connectivity index (χ1) is 12.4. The van der Waals surface area contributed by atoms with E-state index < -0.39 is 15.7 Å². The molecule has 0 N–H and O–H groups in total. The maximum atomic E-state index is 14.0. The number of aryl methyl sites for hydroxylation is 2. The molecule has 0 spiro atoms. The van der Waals surface area contributed by atoms with Crippen LogP contribution in [0.5, 0.6) is 0 Å². The van der Waals surface area contributed by atoms with Crippen LogP contribution in [-0.2, 0) is 22.7 Å². The van der Waals surface area contributed by atoms with Crippen molar-refractivity contribution in [2.75, 3.05) is 0 Å². The average molecular weight is 409 g/mol. The van der Waals surface area contributed by atoms with E-state index in [9.17, 15) is 12.8 Å². The summed E-state index contributed by atoms with van der Waals surface area (Å²) in [6.45, 7) is 0. The number of sulfone groups is 1. The summed E-state index contributed by atoms with van der Waals surface area (Å²) in [4.78, 5) is 0.392. The van der Waals surface area contributed by atoms with Crippen molar-refractivity contribution in [2.45, 2.75) is 22.6 Å². The molecular formula is C20H15Cl2FO2S. The Kier molecular flexibility index (Phi) is 5.66. The molecule has 0 saturated carbocycles. The lowest BCUT2D eigenvalue weighted by molar-refractivity contribution is 0.594. The Bertz CT molecular complexity index is 1030. The number of benzene rings is 3. The lowest BCUT2D eigenvalue weighted by Gasteiger charge is -2.11. The van der Waals surface area contributed by atoms with Crippen molar-refractivity contribution in [2.24, 2.45) is 0 Å². The predicted molar refractivity (Wildman–Crippen MR) is 102 cm³/mol. The van der Waals surface area contributed by atoms with Crippen LogP contribution in [0.4, 0.5) is 4.39 Å². The maximum Gasteiger partial charge on any atom is 0.206 e. The minimum Gasteiger partial charge on any atom is -0.219 e. The molecular weight excluding hydrogens is 394 g/mol. The zero-order valence-corrected chi connectivity index (χ0v) is 16.0. The monoisotopic (exact) mass is 408 g/mol. The molecule has 0 aromatic heterocycles. The highest BCUT2D eigenvalue weighted by Gasteiger charge is 2.21. The van der Waals surface area contributed by atoms with Gasteiger partial charge in [-0.1, -0.05) is 47.5 Å². The van der Waals surface area contributed by atoms with E-state index in [1.807, 2.05) is 0 Å². The van der Waals surface area contributed by atoms with E-state index in [-0.39, 0.29) is 9.79 Å². The Labute approximate surface area is 162 Å². The first-order valence-corrected chi connectivity index (χ1v) is 10.1. The molecule has 26 heavy (non-hydrogen) atoms. The Balaban J connectivity index is 1.92. The molecule has 0 fully saturated rings. The summed E-state index contributed by atoms with van der Waals surface area (Å²) >= 11 is 11.6. The summed E-state index contributed by atoms with van der Waals surface area (Å²) < 4.78 is 39.9. The van der Waals surface area contributed by atoms with E-state index in [2.05, 4.69) is 0 Å².